The number of amides is 1. The van der Waals surface area contributed by atoms with Gasteiger partial charge in [0.25, 0.3) is 0 Å². The fourth-order valence-corrected chi connectivity index (χ4v) is 5.60. The Bertz CT molecular complexity index is 1000. The number of fused-ring (bicyclic) bond motifs is 1. The maximum atomic E-state index is 13.2. The van der Waals surface area contributed by atoms with Gasteiger partial charge in [0.2, 0.25) is 5.91 Å². The molecule has 0 bridgehead atoms. The Morgan fingerprint density at radius 3 is 2.87 bits per heavy atom. The number of thiazole rings is 1. The molecule has 0 aliphatic carbocycles. The molecular weight excluding hydrogens is 436 g/mol. The molecule has 1 saturated heterocycles. The van der Waals surface area contributed by atoms with Gasteiger partial charge in [0.1, 0.15) is 0 Å². The van der Waals surface area contributed by atoms with E-state index in [4.69, 9.17) is 21.3 Å². The van der Waals surface area contributed by atoms with Gasteiger partial charge in [-0.3, -0.25) is 9.69 Å². The van der Waals surface area contributed by atoms with Crippen LogP contribution in [-0.4, -0.2) is 35.9 Å². The molecule has 1 atom stereocenters. The van der Waals surface area contributed by atoms with E-state index in [0.29, 0.717) is 13.0 Å². The van der Waals surface area contributed by atoms with Gasteiger partial charge >= 0.3 is 0 Å². The van der Waals surface area contributed by atoms with E-state index in [1.54, 1.807) is 23.1 Å². The SMILES string of the molecule is Cc1cccc2sc(N(CC3CCCO3)C(=O)CCCSc3ccc(Cl)cc3)nc12. The third kappa shape index (κ3) is 5.35. The van der Waals surface area contributed by atoms with Crippen molar-refractivity contribution in [3.05, 3.63) is 53.1 Å². The van der Waals surface area contributed by atoms with Crippen LogP contribution in [0.4, 0.5) is 5.13 Å². The van der Waals surface area contributed by atoms with Crippen molar-refractivity contribution in [1.82, 2.24) is 4.98 Å². The Labute approximate surface area is 190 Å². The van der Waals surface area contributed by atoms with Crippen LogP contribution in [0.2, 0.25) is 5.02 Å². The van der Waals surface area contributed by atoms with Gasteiger partial charge in [-0.2, -0.15) is 0 Å². The molecule has 1 aliphatic rings. The van der Waals surface area contributed by atoms with E-state index in [1.807, 2.05) is 35.2 Å². The molecule has 1 unspecified atom stereocenters. The van der Waals surface area contributed by atoms with Gasteiger partial charge in [-0.15, -0.1) is 11.8 Å². The minimum atomic E-state index is 0.102. The van der Waals surface area contributed by atoms with E-state index in [1.165, 1.54) is 4.90 Å². The fraction of sp³-hybridized carbons (Fsp3) is 0.391. The van der Waals surface area contributed by atoms with Crippen LogP contribution in [0.25, 0.3) is 10.2 Å². The number of carbonyl (C=O) groups is 1. The monoisotopic (exact) mass is 460 g/mol. The summed E-state index contributed by atoms with van der Waals surface area (Å²) in [5.74, 6) is 1.01. The number of benzene rings is 2. The molecule has 30 heavy (non-hydrogen) atoms. The molecular formula is C23H25ClN2O2S2. The number of aromatic nitrogens is 1. The Hall–Kier alpha value is -1.60. The summed E-state index contributed by atoms with van der Waals surface area (Å²) in [7, 11) is 0. The molecule has 1 fully saturated rings. The Morgan fingerprint density at radius 1 is 1.30 bits per heavy atom. The first-order valence-corrected chi connectivity index (χ1v) is 12.4. The van der Waals surface area contributed by atoms with Crippen molar-refractivity contribution in [2.45, 2.75) is 43.6 Å². The summed E-state index contributed by atoms with van der Waals surface area (Å²) in [5.41, 5.74) is 2.12. The predicted octanol–water partition coefficient (Wildman–Crippen LogP) is 6.34. The maximum Gasteiger partial charge on any atom is 0.228 e. The summed E-state index contributed by atoms with van der Waals surface area (Å²) in [6.07, 6.45) is 3.48. The van der Waals surface area contributed by atoms with Crippen LogP contribution < -0.4 is 4.90 Å². The van der Waals surface area contributed by atoms with Crippen molar-refractivity contribution in [2.24, 2.45) is 0 Å². The van der Waals surface area contributed by atoms with Crippen molar-refractivity contribution in [2.75, 3.05) is 23.8 Å². The standard InChI is InChI=1S/C23H25ClN2O2S2/c1-16-5-2-7-20-22(16)25-23(30-20)26(15-18-6-3-13-28-18)21(27)8-4-14-29-19-11-9-17(24)10-12-19/h2,5,7,9-12,18H,3-4,6,8,13-15H2,1H3. The Balaban J connectivity index is 1.42. The van der Waals surface area contributed by atoms with Crippen molar-refractivity contribution in [1.29, 1.82) is 0 Å². The second-order valence-corrected chi connectivity index (χ2v) is 10.1. The lowest BCUT2D eigenvalue weighted by Crippen LogP contribution is -2.37. The predicted molar refractivity (Wildman–Crippen MR) is 127 cm³/mol. The van der Waals surface area contributed by atoms with Crippen LogP contribution in [0.1, 0.15) is 31.2 Å². The summed E-state index contributed by atoms with van der Waals surface area (Å²) in [4.78, 5) is 21.0. The van der Waals surface area contributed by atoms with E-state index in [2.05, 4.69) is 19.1 Å². The van der Waals surface area contributed by atoms with Gasteiger partial charge in [-0.05, 0) is 67.8 Å². The van der Waals surface area contributed by atoms with Gasteiger partial charge in [-0.1, -0.05) is 35.1 Å². The van der Waals surface area contributed by atoms with Crippen LogP contribution in [0.3, 0.4) is 0 Å². The van der Waals surface area contributed by atoms with Gasteiger partial charge in [0, 0.05) is 22.9 Å². The molecule has 3 aromatic rings. The van der Waals surface area contributed by atoms with Crippen molar-refractivity contribution >= 4 is 56.0 Å². The first-order chi connectivity index (χ1) is 14.6. The zero-order chi connectivity index (χ0) is 20.9. The number of aryl methyl sites for hydroxylation is 1. The van der Waals surface area contributed by atoms with Crippen LogP contribution in [0, 0.1) is 6.92 Å². The van der Waals surface area contributed by atoms with E-state index >= 15 is 0 Å². The largest absolute Gasteiger partial charge is 0.376 e. The highest BCUT2D eigenvalue weighted by molar-refractivity contribution is 7.99. The molecule has 0 saturated carbocycles. The minimum absolute atomic E-state index is 0.102. The summed E-state index contributed by atoms with van der Waals surface area (Å²) in [5, 5.41) is 1.52. The fourth-order valence-electron chi connectivity index (χ4n) is 3.55. The van der Waals surface area contributed by atoms with Crippen molar-refractivity contribution in [3.8, 4) is 0 Å². The lowest BCUT2D eigenvalue weighted by Gasteiger charge is -2.23. The zero-order valence-electron chi connectivity index (χ0n) is 17.0. The molecule has 0 spiro atoms. The molecule has 0 radical (unpaired) electrons. The molecule has 1 aromatic heterocycles. The molecule has 7 heteroatoms. The zero-order valence-corrected chi connectivity index (χ0v) is 19.4. The van der Waals surface area contributed by atoms with Crippen LogP contribution >= 0.6 is 34.7 Å². The number of halogens is 1. The summed E-state index contributed by atoms with van der Waals surface area (Å²) in [6, 6.07) is 14.0. The highest BCUT2D eigenvalue weighted by Gasteiger charge is 2.26. The number of anilines is 1. The van der Waals surface area contributed by atoms with Crippen LogP contribution in [0.15, 0.2) is 47.4 Å². The number of hydrogen-bond acceptors (Lipinski definition) is 5. The maximum absolute atomic E-state index is 13.2. The normalized spacial score (nSPS) is 16.3. The lowest BCUT2D eigenvalue weighted by atomic mass is 10.2. The summed E-state index contributed by atoms with van der Waals surface area (Å²) >= 11 is 9.28. The quantitative estimate of drug-likeness (QED) is 0.290. The number of carbonyl (C=O) groups excluding carboxylic acids is 1. The number of thioether (sulfide) groups is 1. The second-order valence-electron chi connectivity index (χ2n) is 7.46. The van der Waals surface area contributed by atoms with Crippen molar-refractivity contribution in [3.63, 3.8) is 0 Å². The molecule has 4 nitrogen and oxygen atoms in total. The topological polar surface area (TPSA) is 42.4 Å². The van der Waals surface area contributed by atoms with E-state index < -0.39 is 0 Å². The van der Waals surface area contributed by atoms with E-state index in [9.17, 15) is 4.79 Å². The number of hydrogen-bond donors (Lipinski definition) is 0. The third-order valence-corrected chi connectivity index (χ3v) is 7.56. The average Bonchev–Trinajstić information content (AvgIpc) is 3.41. The highest BCUT2D eigenvalue weighted by atomic mass is 35.5. The molecule has 2 aromatic carbocycles. The Kier molecular flexibility index (Phi) is 7.31. The first kappa shape index (κ1) is 21.6. The summed E-state index contributed by atoms with van der Waals surface area (Å²) in [6.45, 7) is 3.43. The number of ether oxygens (including phenoxy) is 1. The molecule has 2 heterocycles. The van der Waals surface area contributed by atoms with Gasteiger partial charge in [0.15, 0.2) is 5.13 Å². The van der Waals surface area contributed by atoms with Crippen molar-refractivity contribution < 1.29 is 9.53 Å². The lowest BCUT2D eigenvalue weighted by molar-refractivity contribution is -0.119. The second kappa shape index (κ2) is 10.1. The Morgan fingerprint density at radius 2 is 2.13 bits per heavy atom. The van der Waals surface area contributed by atoms with E-state index in [0.717, 1.165) is 57.6 Å². The van der Waals surface area contributed by atoms with Gasteiger partial charge in [0.05, 0.1) is 22.9 Å². The molecule has 1 aliphatic heterocycles. The molecule has 4 rings (SSSR count). The van der Waals surface area contributed by atoms with Crippen LogP contribution in [-0.2, 0) is 9.53 Å². The average molecular weight is 461 g/mol. The molecule has 0 N–H and O–H groups in total. The smallest absolute Gasteiger partial charge is 0.228 e. The molecule has 1 amide bonds. The van der Waals surface area contributed by atoms with Gasteiger partial charge < -0.3 is 4.74 Å². The third-order valence-electron chi connectivity index (χ3n) is 5.17. The number of para-hydroxylation sites is 1. The van der Waals surface area contributed by atoms with Crippen LogP contribution in [0.5, 0.6) is 0 Å². The number of nitrogens with zero attached hydrogens (tertiary/aromatic N) is 2. The minimum Gasteiger partial charge on any atom is -0.376 e. The number of rotatable bonds is 8. The highest BCUT2D eigenvalue weighted by Crippen LogP contribution is 2.32. The summed E-state index contributed by atoms with van der Waals surface area (Å²) < 4.78 is 6.93. The molecule has 158 valence electrons. The first-order valence-electron chi connectivity index (χ1n) is 10.3. The van der Waals surface area contributed by atoms with Gasteiger partial charge in [-0.25, -0.2) is 4.98 Å². The van der Waals surface area contributed by atoms with E-state index in [-0.39, 0.29) is 12.0 Å².